The van der Waals surface area contributed by atoms with Gasteiger partial charge >= 0.3 is 6.18 Å². The van der Waals surface area contributed by atoms with Crippen LogP contribution in [0.5, 0.6) is 0 Å². The molecule has 29 heavy (non-hydrogen) atoms. The highest BCUT2D eigenvalue weighted by Gasteiger charge is 2.34. The van der Waals surface area contributed by atoms with Gasteiger partial charge in [0.05, 0.1) is 11.4 Å². The number of amides is 1. The average molecular weight is 454 g/mol. The number of halogens is 3. The van der Waals surface area contributed by atoms with Crippen molar-refractivity contribution < 1.29 is 26.4 Å². The van der Waals surface area contributed by atoms with Crippen LogP contribution in [0.3, 0.4) is 0 Å². The lowest BCUT2D eigenvalue weighted by Gasteiger charge is -2.20. The van der Waals surface area contributed by atoms with Gasteiger partial charge in [-0.3, -0.25) is 9.69 Å². The number of hydrogen-bond donors (Lipinski definition) is 2. The van der Waals surface area contributed by atoms with Gasteiger partial charge in [-0.25, -0.2) is 8.42 Å². The van der Waals surface area contributed by atoms with Crippen LogP contribution in [0.2, 0.25) is 0 Å². The number of hydrogen-bond acceptors (Lipinski definition) is 5. The van der Waals surface area contributed by atoms with Crippen LogP contribution < -0.4 is 10.0 Å². The Balaban J connectivity index is 1.92. The molecule has 1 amide bonds. The molecule has 2 atom stereocenters. The number of nitrogens with zero attached hydrogens (tertiary/aromatic N) is 1. The van der Waals surface area contributed by atoms with Crippen molar-refractivity contribution in [2.75, 3.05) is 38.2 Å². The van der Waals surface area contributed by atoms with Crippen molar-refractivity contribution >= 4 is 27.7 Å². The van der Waals surface area contributed by atoms with Crippen LogP contribution in [-0.4, -0.2) is 69.6 Å². The molecular weight excluding hydrogens is 427 g/mol. The number of nitrogens with one attached hydrogen (secondary N) is 2. The van der Waals surface area contributed by atoms with Crippen molar-refractivity contribution in [1.29, 1.82) is 0 Å². The van der Waals surface area contributed by atoms with Crippen LogP contribution in [0.4, 0.5) is 13.2 Å². The maximum absolute atomic E-state index is 12.6. The Labute approximate surface area is 173 Å². The van der Waals surface area contributed by atoms with Crippen molar-refractivity contribution in [1.82, 2.24) is 14.9 Å². The zero-order valence-corrected chi connectivity index (χ0v) is 17.7. The number of sulfonamides is 1. The molecule has 0 spiro atoms. The molecule has 1 heterocycles. The summed E-state index contributed by atoms with van der Waals surface area (Å²) in [6, 6.07) is 6.83. The van der Waals surface area contributed by atoms with E-state index in [9.17, 15) is 26.4 Å². The second-order valence-corrected chi connectivity index (χ2v) is 9.72. The zero-order chi connectivity index (χ0) is 21.5. The number of rotatable bonds is 10. The highest BCUT2D eigenvalue weighted by atomic mass is 32.2. The lowest BCUT2D eigenvalue weighted by atomic mass is 10.1. The van der Waals surface area contributed by atoms with Crippen LogP contribution >= 0.6 is 11.8 Å². The Morgan fingerprint density at radius 2 is 2.00 bits per heavy atom. The summed E-state index contributed by atoms with van der Waals surface area (Å²) < 4.78 is 65.0. The minimum Gasteiger partial charge on any atom is -0.354 e. The number of alkyl halides is 3. The van der Waals surface area contributed by atoms with E-state index in [-0.39, 0.29) is 23.9 Å². The first-order chi connectivity index (χ1) is 13.6. The molecule has 0 aliphatic carbocycles. The van der Waals surface area contributed by atoms with Crippen LogP contribution in [0.1, 0.15) is 12.8 Å². The Bertz CT molecular complexity index is 761. The average Bonchev–Trinajstić information content (AvgIpc) is 3.09. The number of benzene rings is 1. The lowest BCUT2D eigenvalue weighted by Crippen LogP contribution is -2.48. The van der Waals surface area contributed by atoms with Crippen molar-refractivity contribution in [2.45, 2.75) is 30.0 Å². The molecule has 1 saturated heterocycles. The predicted octanol–water partition coefficient (Wildman–Crippen LogP) is 2.09. The largest absolute Gasteiger partial charge is 0.401 e. The predicted molar refractivity (Wildman–Crippen MR) is 107 cm³/mol. The van der Waals surface area contributed by atoms with Gasteiger partial charge in [-0.15, -0.1) is 0 Å². The number of thioether (sulfide) groups is 1. The summed E-state index contributed by atoms with van der Waals surface area (Å²) in [4.78, 5) is 14.0. The molecule has 1 aromatic carbocycles. The van der Waals surface area contributed by atoms with Gasteiger partial charge in [0, 0.05) is 13.1 Å². The molecule has 2 N–H and O–H groups in total. The molecular formula is C18H26F3N3O3S2. The standard InChI is InChI=1S/C18H26F3N3O3S2/c1-28-10-8-16(23-29(26,27)15-5-3-2-4-6-15)17(25)22-11-14-7-9-24(12-14)13-18(19,20)21/h2-6,14,16,23H,7-13H2,1H3,(H,22,25)/t14-,16+/m1/s1. The van der Waals surface area contributed by atoms with Crippen molar-refractivity contribution in [2.24, 2.45) is 5.92 Å². The molecule has 6 nitrogen and oxygen atoms in total. The highest BCUT2D eigenvalue weighted by Crippen LogP contribution is 2.22. The van der Waals surface area contributed by atoms with Crippen LogP contribution in [0, 0.1) is 5.92 Å². The molecule has 0 unspecified atom stereocenters. The first-order valence-corrected chi connectivity index (χ1v) is 12.1. The molecule has 2 rings (SSSR count). The van der Waals surface area contributed by atoms with E-state index >= 15 is 0 Å². The summed E-state index contributed by atoms with van der Waals surface area (Å²) in [5, 5.41) is 2.71. The van der Waals surface area contributed by atoms with Crippen molar-refractivity contribution in [3.63, 3.8) is 0 Å². The Morgan fingerprint density at radius 1 is 1.31 bits per heavy atom. The van der Waals surface area contributed by atoms with E-state index in [1.54, 1.807) is 18.2 Å². The Hall–Kier alpha value is -1.30. The quantitative estimate of drug-likeness (QED) is 0.567. The van der Waals surface area contributed by atoms with Crippen LogP contribution in [-0.2, 0) is 14.8 Å². The number of likely N-dealkylation sites (tertiary alicyclic amines) is 1. The SMILES string of the molecule is CSCC[C@H](NS(=O)(=O)c1ccccc1)C(=O)NC[C@H]1CCN(CC(F)(F)F)C1. The van der Waals surface area contributed by atoms with Gasteiger partial charge in [0.15, 0.2) is 0 Å². The van der Waals surface area contributed by atoms with E-state index in [0.717, 1.165) is 0 Å². The van der Waals surface area contributed by atoms with Crippen LogP contribution in [0.15, 0.2) is 35.2 Å². The molecule has 11 heteroatoms. The third-order valence-corrected chi connectivity index (χ3v) is 6.75. The summed E-state index contributed by atoms with van der Waals surface area (Å²) >= 11 is 1.49. The first-order valence-electron chi connectivity index (χ1n) is 9.24. The highest BCUT2D eigenvalue weighted by molar-refractivity contribution is 7.98. The second kappa shape index (κ2) is 10.6. The summed E-state index contributed by atoms with van der Waals surface area (Å²) in [6.07, 6.45) is -1.52. The maximum atomic E-state index is 12.6. The third kappa shape index (κ3) is 8.15. The minimum atomic E-state index is -4.24. The topological polar surface area (TPSA) is 78.5 Å². The van der Waals surface area contributed by atoms with Gasteiger partial charge in [-0.1, -0.05) is 18.2 Å². The minimum absolute atomic E-state index is 0.0699. The molecule has 0 saturated carbocycles. The van der Waals surface area contributed by atoms with E-state index < -0.39 is 34.7 Å². The molecule has 0 aromatic heterocycles. The molecule has 1 aliphatic rings. The van der Waals surface area contributed by atoms with E-state index in [1.165, 1.54) is 28.8 Å². The van der Waals surface area contributed by atoms with Gasteiger partial charge in [0.1, 0.15) is 6.04 Å². The number of carbonyl (C=O) groups excluding carboxylic acids is 1. The smallest absolute Gasteiger partial charge is 0.354 e. The summed E-state index contributed by atoms with van der Waals surface area (Å²) in [6.45, 7) is -0.151. The van der Waals surface area contributed by atoms with E-state index in [4.69, 9.17) is 0 Å². The normalized spacial score (nSPS) is 19.2. The molecule has 1 aliphatic heterocycles. The molecule has 164 valence electrons. The van der Waals surface area contributed by atoms with Crippen molar-refractivity contribution in [3.05, 3.63) is 30.3 Å². The Kier molecular flexibility index (Phi) is 8.80. The molecule has 0 bridgehead atoms. The van der Waals surface area contributed by atoms with Crippen LogP contribution in [0.25, 0.3) is 0 Å². The van der Waals surface area contributed by atoms with E-state index in [0.29, 0.717) is 25.1 Å². The fourth-order valence-corrected chi connectivity index (χ4v) is 4.90. The van der Waals surface area contributed by atoms with Gasteiger partial charge < -0.3 is 5.32 Å². The van der Waals surface area contributed by atoms with E-state index in [1.807, 2.05) is 6.26 Å². The molecule has 0 radical (unpaired) electrons. The number of carbonyl (C=O) groups is 1. The monoisotopic (exact) mass is 453 g/mol. The molecule has 1 aromatic rings. The summed E-state index contributed by atoms with van der Waals surface area (Å²) in [5.74, 6) is 0.0270. The van der Waals surface area contributed by atoms with Gasteiger partial charge in [0.25, 0.3) is 0 Å². The molecule has 1 fully saturated rings. The van der Waals surface area contributed by atoms with Gasteiger partial charge in [0.2, 0.25) is 15.9 Å². The van der Waals surface area contributed by atoms with E-state index in [2.05, 4.69) is 10.0 Å². The maximum Gasteiger partial charge on any atom is 0.401 e. The van der Waals surface area contributed by atoms with Gasteiger partial charge in [-0.05, 0) is 49.4 Å². The summed E-state index contributed by atoms with van der Waals surface area (Å²) in [5.41, 5.74) is 0. The van der Waals surface area contributed by atoms with Crippen molar-refractivity contribution in [3.8, 4) is 0 Å². The van der Waals surface area contributed by atoms with Gasteiger partial charge in [-0.2, -0.15) is 29.7 Å². The first kappa shape index (κ1) is 24.0. The summed E-state index contributed by atoms with van der Waals surface area (Å²) in [7, 11) is -3.85. The third-order valence-electron chi connectivity index (χ3n) is 4.62. The Morgan fingerprint density at radius 3 is 2.62 bits per heavy atom. The lowest BCUT2D eigenvalue weighted by molar-refractivity contribution is -0.143. The zero-order valence-electron chi connectivity index (χ0n) is 16.1. The fourth-order valence-electron chi connectivity index (χ4n) is 3.18. The second-order valence-electron chi connectivity index (χ2n) is 7.02. The fraction of sp³-hybridized carbons (Fsp3) is 0.611.